The average Bonchev–Trinajstić information content (AvgIpc) is 2.62. The summed E-state index contributed by atoms with van der Waals surface area (Å²) < 4.78 is 18.2. The fraction of sp³-hybridized carbons (Fsp3) is 0.111. The van der Waals surface area contributed by atoms with Crippen LogP contribution in [-0.4, -0.2) is 17.9 Å². The minimum absolute atomic E-state index is 0.333. The Labute approximate surface area is 159 Å². The molecule has 0 aliphatic rings. The first-order valence-corrected chi connectivity index (χ1v) is 8.26. The summed E-state index contributed by atoms with van der Waals surface area (Å²) >= 11 is 11.7. The molecule has 0 saturated carbocycles. The zero-order valence-electron chi connectivity index (χ0n) is 13.6. The molecule has 0 radical (unpaired) electrons. The van der Waals surface area contributed by atoms with Crippen LogP contribution in [0.5, 0.6) is 5.75 Å². The highest BCUT2D eigenvalue weighted by atomic mass is 35.5. The van der Waals surface area contributed by atoms with Crippen LogP contribution in [0.3, 0.4) is 0 Å². The van der Waals surface area contributed by atoms with Gasteiger partial charge in [0.05, 0.1) is 10.0 Å². The van der Waals surface area contributed by atoms with Gasteiger partial charge in [-0.15, -0.1) is 0 Å². The monoisotopic (exact) mass is 396 g/mol. The molecule has 8 heteroatoms. The van der Waals surface area contributed by atoms with Gasteiger partial charge in [-0.25, -0.2) is 4.39 Å². The molecule has 0 heterocycles. The molecule has 2 N–H and O–H groups in total. The van der Waals surface area contributed by atoms with Crippen molar-refractivity contribution in [2.24, 2.45) is 0 Å². The second kappa shape index (κ2) is 9.22. The van der Waals surface area contributed by atoms with Gasteiger partial charge >= 0.3 is 0 Å². The van der Waals surface area contributed by atoms with E-state index in [1.165, 1.54) is 43.3 Å². The lowest BCUT2D eigenvalue weighted by Gasteiger charge is -2.14. The van der Waals surface area contributed by atoms with E-state index in [-0.39, 0.29) is 0 Å². The lowest BCUT2D eigenvalue weighted by atomic mass is 10.2. The Morgan fingerprint density at radius 3 is 2.42 bits per heavy atom. The number of amides is 2. The lowest BCUT2D eigenvalue weighted by Crippen LogP contribution is -2.46. The number of benzene rings is 2. The van der Waals surface area contributed by atoms with Crippen molar-refractivity contribution in [2.75, 3.05) is 0 Å². The standard InChI is InChI=1S/C18H15Cl2FN2O3/c1-11(26-14-6-4-13(21)5-7-14)18(25)23-22-17(24)9-3-12-2-8-15(19)16(20)10-12/h2-11H,1H3,(H,22,24)(H,23,25)/b9-3+/t11-/m1/s1. The molecule has 0 bridgehead atoms. The highest BCUT2D eigenvalue weighted by molar-refractivity contribution is 6.42. The van der Waals surface area contributed by atoms with Crippen molar-refractivity contribution in [3.8, 4) is 5.75 Å². The Hall–Kier alpha value is -2.57. The highest BCUT2D eigenvalue weighted by Gasteiger charge is 2.14. The van der Waals surface area contributed by atoms with Gasteiger partial charge in [-0.2, -0.15) is 0 Å². The summed E-state index contributed by atoms with van der Waals surface area (Å²) in [6, 6.07) is 10.1. The van der Waals surface area contributed by atoms with Gasteiger partial charge in [-0.05, 0) is 55.0 Å². The number of hydrogen-bond donors (Lipinski definition) is 2. The molecule has 2 aromatic carbocycles. The molecule has 0 aliphatic carbocycles. The van der Waals surface area contributed by atoms with Crippen molar-refractivity contribution in [1.29, 1.82) is 0 Å². The maximum absolute atomic E-state index is 12.8. The van der Waals surface area contributed by atoms with Crippen molar-refractivity contribution in [2.45, 2.75) is 13.0 Å². The van der Waals surface area contributed by atoms with Gasteiger partial charge in [-0.3, -0.25) is 20.4 Å². The number of halogens is 3. The van der Waals surface area contributed by atoms with Crippen LogP contribution in [0.2, 0.25) is 10.0 Å². The van der Waals surface area contributed by atoms with Crippen molar-refractivity contribution in [3.05, 3.63) is 70.0 Å². The van der Waals surface area contributed by atoms with Crippen LogP contribution >= 0.6 is 23.2 Å². The molecule has 1 atom stereocenters. The third kappa shape index (κ3) is 6.06. The molecule has 0 aromatic heterocycles. The number of rotatable bonds is 5. The molecule has 136 valence electrons. The molecular weight excluding hydrogens is 382 g/mol. The van der Waals surface area contributed by atoms with E-state index >= 15 is 0 Å². The van der Waals surface area contributed by atoms with Crippen LogP contribution in [-0.2, 0) is 9.59 Å². The summed E-state index contributed by atoms with van der Waals surface area (Å²) in [6.45, 7) is 1.50. The van der Waals surface area contributed by atoms with Crippen LogP contribution < -0.4 is 15.6 Å². The smallest absolute Gasteiger partial charge is 0.279 e. The SMILES string of the molecule is C[C@@H](Oc1ccc(F)cc1)C(=O)NNC(=O)/C=C/c1ccc(Cl)c(Cl)c1. The van der Waals surface area contributed by atoms with Gasteiger partial charge in [-0.1, -0.05) is 29.3 Å². The zero-order chi connectivity index (χ0) is 19.1. The highest BCUT2D eigenvalue weighted by Crippen LogP contribution is 2.23. The Morgan fingerprint density at radius 2 is 1.77 bits per heavy atom. The lowest BCUT2D eigenvalue weighted by molar-refractivity contribution is -0.131. The number of carbonyl (C=O) groups is 2. The van der Waals surface area contributed by atoms with E-state index in [0.717, 1.165) is 0 Å². The van der Waals surface area contributed by atoms with Crippen LogP contribution in [0.15, 0.2) is 48.5 Å². The molecule has 2 aromatic rings. The van der Waals surface area contributed by atoms with Crippen molar-refractivity contribution < 1.29 is 18.7 Å². The number of hydrazine groups is 1. The summed E-state index contributed by atoms with van der Waals surface area (Å²) in [5.41, 5.74) is 5.14. The molecule has 0 aliphatic heterocycles. The van der Waals surface area contributed by atoms with E-state index in [2.05, 4.69) is 10.9 Å². The molecule has 0 fully saturated rings. The van der Waals surface area contributed by atoms with E-state index in [1.54, 1.807) is 18.2 Å². The first-order chi connectivity index (χ1) is 12.3. The number of carbonyl (C=O) groups excluding carboxylic acids is 2. The summed E-state index contributed by atoms with van der Waals surface area (Å²) in [5.74, 6) is -1.18. The normalized spacial score (nSPS) is 11.8. The fourth-order valence-electron chi connectivity index (χ4n) is 1.83. The fourth-order valence-corrected chi connectivity index (χ4v) is 2.13. The molecular formula is C18H15Cl2FN2O3. The van der Waals surface area contributed by atoms with E-state index in [9.17, 15) is 14.0 Å². The largest absolute Gasteiger partial charge is 0.481 e. The molecule has 0 unspecified atom stereocenters. The van der Waals surface area contributed by atoms with Crippen molar-refractivity contribution in [3.63, 3.8) is 0 Å². The Balaban J connectivity index is 1.81. The zero-order valence-corrected chi connectivity index (χ0v) is 15.1. The minimum atomic E-state index is -0.889. The molecule has 26 heavy (non-hydrogen) atoms. The Morgan fingerprint density at radius 1 is 1.08 bits per heavy atom. The summed E-state index contributed by atoms with van der Waals surface area (Å²) in [4.78, 5) is 23.6. The third-order valence-electron chi connectivity index (χ3n) is 3.18. The second-order valence-electron chi connectivity index (χ2n) is 5.20. The van der Waals surface area contributed by atoms with Crippen LogP contribution in [0.4, 0.5) is 4.39 Å². The van der Waals surface area contributed by atoms with Crippen LogP contribution in [0.1, 0.15) is 12.5 Å². The summed E-state index contributed by atoms with van der Waals surface area (Å²) in [5, 5.41) is 0.782. The molecule has 2 amide bonds. The average molecular weight is 397 g/mol. The predicted octanol–water partition coefficient (Wildman–Crippen LogP) is 3.76. The van der Waals surface area contributed by atoms with E-state index in [4.69, 9.17) is 27.9 Å². The molecule has 0 saturated heterocycles. The van der Waals surface area contributed by atoms with Crippen molar-refractivity contribution in [1.82, 2.24) is 10.9 Å². The summed E-state index contributed by atoms with van der Waals surface area (Å²) in [6.07, 6.45) is 1.85. The van der Waals surface area contributed by atoms with Gasteiger partial charge < -0.3 is 4.74 Å². The quantitative estimate of drug-likeness (QED) is 0.597. The Kier molecular flexibility index (Phi) is 7.00. The molecule has 2 rings (SSSR count). The van der Waals surface area contributed by atoms with E-state index in [0.29, 0.717) is 21.4 Å². The topological polar surface area (TPSA) is 67.4 Å². The first-order valence-electron chi connectivity index (χ1n) is 7.50. The molecule has 0 spiro atoms. The van der Waals surface area contributed by atoms with Crippen LogP contribution in [0.25, 0.3) is 6.08 Å². The van der Waals surface area contributed by atoms with E-state index in [1.807, 2.05) is 0 Å². The number of nitrogens with one attached hydrogen (secondary N) is 2. The second-order valence-corrected chi connectivity index (χ2v) is 6.01. The maximum atomic E-state index is 12.8. The third-order valence-corrected chi connectivity index (χ3v) is 3.91. The van der Waals surface area contributed by atoms with Gasteiger partial charge in [0.1, 0.15) is 11.6 Å². The van der Waals surface area contributed by atoms with Gasteiger partial charge in [0.15, 0.2) is 6.10 Å². The molecule has 5 nitrogen and oxygen atoms in total. The number of ether oxygens (including phenoxy) is 1. The van der Waals surface area contributed by atoms with Gasteiger partial charge in [0, 0.05) is 6.08 Å². The predicted molar refractivity (Wildman–Crippen MR) is 98.3 cm³/mol. The first kappa shape index (κ1) is 19.8. The van der Waals surface area contributed by atoms with Crippen molar-refractivity contribution >= 4 is 41.1 Å². The summed E-state index contributed by atoms with van der Waals surface area (Å²) in [7, 11) is 0. The minimum Gasteiger partial charge on any atom is -0.481 e. The maximum Gasteiger partial charge on any atom is 0.279 e. The van der Waals surface area contributed by atoms with Crippen LogP contribution in [0, 0.1) is 5.82 Å². The van der Waals surface area contributed by atoms with Gasteiger partial charge in [0.2, 0.25) is 0 Å². The van der Waals surface area contributed by atoms with Gasteiger partial charge in [0.25, 0.3) is 11.8 Å². The van der Waals surface area contributed by atoms with E-state index < -0.39 is 23.7 Å². The number of hydrogen-bond acceptors (Lipinski definition) is 3. The Bertz CT molecular complexity index is 826.